The SMILES string of the molecule is COC(=O)N1CCc2c(sc(NC(=O)c3ccccc3NS(=O)(=O)c3ccc(F)cc3)c2C#N)C1. The molecule has 35 heavy (non-hydrogen) atoms. The van der Waals surface area contributed by atoms with Gasteiger partial charge >= 0.3 is 6.09 Å². The molecule has 0 bridgehead atoms. The Hall–Kier alpha value is -3.95. The van der Waals surface area contributed by atoms with Crippen molar-refractivity contribution in [3.05, 3.63) is 75.9 Å². The molecule has 2 N–H and O–H groups in total. The number of fused-ring (bicyclic) bond motifs is 1. The number of halogens is 1. The number of carbonyl (C=O) groups excluding carboxylic acids is 2. The van der Waals surface area contributed by atoms with Crippen LogP contribution in [-0.2, 0) is 27.7 Å². The maximum absolute atomic E-state index is 13.2. The van der Waals surface area contributed by atoms with Gasteiger partial charge < -0.3 is 15.0 Å². The molecule has 0 unspecified atom stereocenters. The quantitative estimate of drug-likeness (QED) is 0.531. The molecule has 4 rings (SSSR count). The van der Waals surface area contributed by atoms with E-state index in [2.05, 4.69) is 16.1 Å². The number of nitriles is 1. The fourth-order valence-corrected chi connectivity index (χ4v) is 5.94. The summed E-state index contributed by atoms with van der Waals surface area (Å²) in [5, 5.41) is 12.7. The van der Waals surface area contributed by atoms with Crippen LogP contribution in [0.1, 0.15) is 26.4 Å². The van der Waals surface area contributed by atoms with Gasteiger partial charge in [0.1, 0.15) is 16.9 Å². The Bertz CT molecular complexity index is 1450. The molecule has 0 radical (unpaired) electrons. The normalized spacial score (nSPS) is 12.9. The van der Waals surface area contributed by atoms with Crippen LogP contribution in [-0.4, -0.2) is 39.0 Å². The highest BCUT2D eigenvalue weighted by atomic mass is 32.2. The Morgan fingerprint density at radius 2 is 1.89 bits per heavy atom. The summed E-state index contributed by atoms with van der Waals surface area (Å²) in [6, 6.07) is 12.4. The van der Waals surface area contributed by atoms with Crippen molar-refractivity contribution in [1.82, 2.24) is 4.90 Å². The van der Waals surface area contributed by atoms with Gasteiger partial charge in [0.2, 0.25) is 0 Å². The number of amides is 2. The lowest BCUT2D eigenvalue weighted by atomic mass is 10.0. The van der Waals surface area contributed by atoms with Crippen LogP contribution in [0.3, 0.4) is 0 Å². The first-order valence-electron chi connectivity index (χ1n) is 10.3. The van der Waals surface area contributed by atoms with E-state index in [9.17, 15) is 27.7 Å². The fraction of sp³-hybridized carbons (Fsp3) is 0.174. The predicted molar refractivity (Wildman–Crippen MR) is 127 cm³/mol. The molecule has 9 nitrogen and oxygen atoms in total. The molecule has 0 saturated carbocycles. The third-order valence-corrected chi connectivity index (χ3v) is 7.88. The number of hydrogen-bond donors (Lipinski definition) is 2. The zero-order valence-corrected chi connectivity index (χ0v) is 20.0. The summed E-state index contributed by atoms with van der Waals surface area (Å²) in [6.07, 6.45) is -0.0381. The third kappa shape index (κ3) is 4.96. The average Bonchev–Trinajstić information content (AvgIpc) is 3.19. The molecule has 0 aliphatic carbocycles. The maximum Gasteiger partial charge on any atom is 0.409 e. The van der Waals surface area contributed by atoms with Crippen molar-refractivity contribution in [3.63, 3.8) is 0 Å². The summed E-state index contributed by atoms with van der Waals surface area (Å²) in [6.45, 7) is 0.637. The molecule has 3 aromatic rings. The summed E-state index contributed by atoms with van der Waals surface area (Å²) in [4.78, 5) is 27.1. The molecule has 2 heterocycles. The van der Waals surface area contributed by atoms with Gasteiger partial charge in [0, 0.05) is 11.4 Å². The second kappa shape index (κ2) is 9.73. The molecule has 1 aliphatic heterocycles. The van der Waals surface area contributed by atoms with Crippen molar-refractivity contribution in [3.8, 4) is 6.07 Å². The second-order valence-electron chi connectivity index (χ2n) is 7.52. The van der Waals surface area contributed by atoms with Crippen LogP contribution in [0, 0.1) is 17.1 Å². The molecule has 2 aromatic carbocycles. The van der Waals surface area contributed by atoms with Gasteiger partial charge in [-0.1, -0.05) is 12.1 Å². The lowest BCUT2D eigenvalue weighted by Gasteiger charge is -2.25. The van der Waals surface area contributed by atoms with Crippen LogP contribution in [0.2, 0.25) is 0 Å². The number of nitrogens with one attached hydrogen (secondary N) is 2. The molecule has 12 heteroatoms. The average molecular weight is 515 g/mol. The molecular formula is C23H19FN4O5S2. The summed E-state index contributed by atoms with van der Waals surface area (Å²) < 4.78 is 45.8. The minimum atomic E-state index is -4.09. The summed E-state index contributed by atoms with van der Waals surface area (Å²) in [5.41, 5.74) is 1.13. The van der Waals surface area contributed by atoms with Gasteiger partial charge in [-0.3, -0.25) is 9.52 Å². The summed E-state index contributed by atoms with van der Waals surface area (Å²) in [7, 11) is -2.79. The van der Waals surface area contributed by atoms with Crippen molar-refractivity contribution in [2.45, 2.75) is 17.9 Å². The van der Waals surface area contributed by atoms with E-state index >= 15 is 0 Å². The second-order valence-corrected chi connectivity index (χ2v) is 10.3. The summed E-state index contributed by atoms with van der Waals surface area (Å²) in [5.74, 6) is -1.20. The molecule has 180 valence electrons. The first kappa shape index (κ1) is 24.2. The van der Waals surface area contributed by atoms with Gasteiger partial charge in [-0.25, -0.2) is 17.6 Å². The Kier molecular flexibility index (Phi) is 6.72. The Morgan fingerprint density at radius 3 is 2.57 bits per heavy atom. The standard InChI is InChI=1S/C23H19FN4O5S2/c1-33-23(30)28-11-10-16-18(12-25)22(34-20(16)13-28)26-21(29)17-4-2-3-5-19(17)27-35(31,32)15-8-6-14(24)7-9-15/h2-9,27H,10-11,13H2,1H3,(H,26,29). The Balaban J connectivity index is 1.59. The van der Waals surface area contributed by atoms with E-state index in [0.29, 0.717) is 23.5 Å². The molecule has 0 spiro atoms. The lowest BCUT2D eigenvalue weighted by molar-refractivity contribution is 0.102. The third-order valence-electron chi connectivity index (χ3n) is 5.37. The number of para-hydroxylation sites is 1. The molecular weight excluding hydrogens is 495 g/mol. The van der Waals surface area contributed by atoms with Gasteiger partial charge in [0.15, 0.2) is 0 Å². The van der Waals surface area contributed by atoms with Gasteiger partial charge in [-0.2, -0.15) is 5.26 Å². The van der Waals surface area contributed by atoms with E-state index in [1.54, 1.807) is 12.1 Å². The Morgan fingerprint density at radius 1 is 1.17 bits per heavy atom. The number of hydrogen-bond acceptors (Lipinski definition) is 7. The molecule has 0 saturated heterocycles. The number of carbonyl (C=O) groups is 2. The van der Waals surface area contributed by atoms with E-state index in [1.807, 2.05) is 0 Å². The topological polar surface area (TPSA) is 129 Å². The first-order valence-corrected chi connectivity index (χ1v) is 12.6. The largest absolute Gasteiger partial charge is 0.453 e. The minimum absolute atomic E-state index is 0.0195. The van der Waals surface area contributed by atoms with Crippen molar-refractivity contribution in [2.75, 3.05) is 23.7 Å². The van der Waals surface area contributed by atoms with Crippen LogP contribution in [0.15, 0.2) is 53.4 Å². The number of benzene rings is 2. The highest BCUT2D eigenvalue weighted by Gasteiger charge is 2.28. The highest BCUT2D eigenvalue weighted by molar-refractivity contribution is 7.92. The van der Waals surface area contributed by atoms with Gasteiger partial charge in [-0.05, 0) is 48.4 Å². The first-order chi connectivity index (χ1) is 16.7. The van der Waals surface area contributed by atoms with Crippen molar-refractivity contribution in [2.24, 2.45) is 0 Å². The Labute approximate surface area is 204 Å². The number of thiophene rings is 1. The molecule has 1 aromatic heterocycles. The zero-order valence-electron chi connectivity index (χ0n) is 18.4. The van der Waals surface area contributed by atoms with E-state index < -0.39 is 27.8 Å². The van der Waals surface area contributed by atoms with Crippen molar-refractivity contribution >= 4 is 44.0 Å². The van der Waals surface area contributed by atoms with Crippen LogP contribution in [0.4, 0.5) is 19.9 Å². The smallest absolute Gasteiger partial charge is 0.409 e. The summed E-state index contributed by atoms with van der Waals surface area (Å²) >= 11 is 1.18. The number of rotatable bonds is 5. The number of anilines is 2. The zero-order chi connectivity index (χ0) is 25.2. The van der Waals surface area contributed by atoms with Gasteiger partial charge in [0.25, 0.3) is 15.9 Å². The monoisotopic (exact) mass is 514 g/mol. The van der Waals surface area contributed by atoms with E-state index in [0.717, 1.165) is 34.7 Å². The fourth-order valence-electron chi connectivity index (χ4n) is 3.65. The number of ether oxygens (including phenoxy) is 1. The predicted octanol–water partition coefficient (Wildman–Crippen LogP) is 3.94. The lowest BCUT2D eigenvalue weighted by Crippen LogP contribution is -2.35. The van der Waals surface area contributed by atoms with Gasteiger partial charge in [0.05, 0.1) is 35.4 Å². The number of methoxy groups -OCH3 is 1. The van der Waals surface area contributed by atoms with E-state index in [1.165, 1.54) is 35.5 Å². The van der Waals surface area contributed by atoms with E-state index in [-0.39, 0.29) is 22.7 Å². The highest BCUT2D eigenvalue weighted by Crippen LogP contribution is 2.37. The number of sulfonamides is 1. The van der Waals surface area contributed by atoms with Crippen molar-refractivity contribution in [1.29, 1.82) is 5.26 Å². The molecule has 1 aliphatic rings. The van der Waals surface area contributed by atoms with E-state index in [4.69, 9.17) is 4.74 Å². The number of nitrogens with zero attached hydrogens (tertiary/aromatic N) is 2. The van der Waals surface area contributed by atoms with Crippen molar-refractivity contribution < 1.29 is 27.1 Å². The molecule has 0 atom stereocenters. The van der Waals surface area contributed by atoms with Crippen LogP contribution < -0.4 is 10.0 Å². The molecule has 0 fully saturated rings. The van der Waals surface area contributed by atoms with Crippen LogP contribution >= 0.6 is 11.3 Å². The van der Waals surface area contributed by atoms with Crippen LogP contribution in [0.25, 0.3) is 0 Å². The van der Waals surface area contributed by atoms with Crippen LogP contribution in [0.5, 0.6) is 0 Å². The maximum atomic E-state index is 13.2. The molecule has 2 amide bonds. The van der Waals surface area contributed by atoms with Gasteiger partial charge in [-0.15, -0.1) is 11.3 Å². The minimum Gasteiger partial charge on any atom is -0.453 e.